The van der Waals surface area contributed by atoms with Gasteiger partial charge in [0.1, 0.15) is 13.2 Å². The molecule has 79 heavy (non-hydrogen) atoms. The molecule has 0 aromatic carbocycles. The molecule has 448 valence electrons. The van der Waals surface area contributed by atoms with Gasteiger partial charge in [-0.15, -0.1) is 0 Å². The molecule has 0 bridgehead atoms. The normalized spacial score (nSPS) is 13.0. The molecule has 0 aliphatic carbocycles. The van der Waals surface area contributed by atoms with Crippen molar-refractivity contribution in [2.45, 2.75) is 297 Å². The summed E-state index contributed by atoms with van der Waals surface area (Å²) in [7, 11) is 0. The molecule has 0 saturated heterocycles. The molecule has 0 radical (unpaired) electrons. The Morgan fingerprint density at radius 2 is 0.519 bits per heavy atom. The van der Waals surface area contributed by atoms with Crippen LogP contribution in [0.5, 0.6) is 0 Å². The van der Waals surface area contributed by atoms with Gasteiger partial charge in [-0.3, -0.25) is 14.4 Å². The summed E-state index contributed by atoms with van der Waals surface area (Å²) in [5, 5.41) is 0. The standard InChI is InChI=1S/C73H120O6/c1-4-7-10-13-16-19-22-25-26-27-28-29-30-31-32-33-34-35-36-37-38-39-40-41-42-43-44-45-46-49-51-54-57-60-63-66-72(75)78-69-70(79-73(76)67-64-61-58-55-52-48-24-21-18-15-12-9-6-3)68-77-71(74)65-62-59-56-53-50-47-23-20-17-14-11-8-5-2/h7,10,12,15-16,19,21,24-26,28-29,31-32,34-35,37-38,40-41,43-44,70H,4-6,8-9,11,13-14,17-18,20,22-23,27,30,33,36,39,42,45-69H2,1-3H3/b10-7-,15-12-,19-16-,24-21-,26-25-,29-28-,32-31-,35-34-,38-37-,41-40-,44-43-. The van der Waals surface area contributed by atoms with Gasteiger partial charge in [-0.25, -0.2) is 0 Å². The second-order valence-electron chi connectivity index (χ2n) is 21.3. The fraction of sp³-hybridized carbons (Fsp3) is 0.658. The van der Waals surface area contributed by atoms with E-state index in [4.69, 9.17) is 14.2 Å². The van der Waals surface area contributed by atoms with Crippen LogP contribution in [0, 0.1) is 0 Å². The van der Waals surface area contributed by atoms with Crippen LogP contribution in [-0.4, -0.2) is 37.2 Å². The Bertz CT molecular complexity index is 1680. The molecule has 0 amide bonds. The van der Waals surface area contributed by atoms with Crippen LogP contribution in [0.1, 0.15) is 290 Å². The largest absolute Gasteiger partial charge is 0.462 e. The monoisotopic (exact) mass is 1090 g/mol. The van der Waals surface area contributed by atoms with Gasteiger partial charge in [0.25, 0.3) is 0 Å². The Kier molecular flexibility index (Phi) is 62.3. The van der Waals surface area contributed by atoms with Crippen LogP contribution in [0.25, 0.3) is 0 Å². The van der Waals surface area contributed by atoms with Gasteiger partial charge in [-0.05, 0) is 116 Å². The first-order valence-electron chi connectivity index (χ1n) is 32.7. The molecule has 0 N–H and O–H groups in total. The van der Waals surface area contributed by atoms with Crippen molar-refractivity contribution < 1.29 is 28.6 Å². The zero-order valence-corrected chi connectivity index (χ0v) is 51.3. The van der Waals surface area contributed by atoms with E-state index >= 15 is 0 Å². The van der Waals surface area contributed by atoms with E-state index in [0.717, 1.165) is 154 Å². The maximum atomic E-state index is 12.9. The fourth-order valence-electron chi connectivity index (χ4n) is 8.77. The molecule has 0 aliphatic rings. The van der Waals surface area contributed by atoms with Gasteiger partial charge in [-0.2, -0.15) is 0 Å². The molecular formula is C73H120O6. The SMILES string of the molecule is CC/C=C\C/C=C\C/C=C\C/C=C\C/C=C\C/C=C\C/C=C\C/C=C\C/C=C\CCCCCCCCCC(=O)OCC(COC(=O)CCCCCCCCCCCCCCC)OC(=O)CCCCCCC/C=C\C/C=C\CCC. The lowest BCUT2D eigenvalue weighted by Gasteiger charge is -2.18. The third-order valence-electron chi connectivity index (χ3n) is 13.6. The lowest BCUT2D eigenvalue weighted by molar-refractivity contribution is -0.167. The third kappa shape index (κ3) is 64.3. The molecule has 0 rings (SSSR count). The van der Waals surface area contributed by atoms with E-state index in [1.165, 1.54) is 96.3 Å². The van der Waals surface area contributed by atoms with Crippen LogP contribution in [0.15, 0.2) is 134 Å². The molecule has 0 aromatic rings. The second kappa shape index (κ2) is 66.1. The van der Waals surface area contributed by atoms with Gasteiger partial charge in [0.15, 0.2) is 6.10 Å². The molecule has 0 aliphatic heterocycles. The zero-order chi connectivity index (χ0) is 57.1. The first-order chi connectivity index (χ1) is 39.0. The summed E-state index contributed by atoms with van der Waals surface area (Å²) in [4.78, 5) is 38.2. The predicted octanol–water partition coefficient (Wildman–Crippen LogP) is 22.5. The number of esters is 3. The fourth-order valence-corrected chi connectivity index (χ4v) is 8.77. The molecule has 0 fully saturated rings. The summed E-state index contributed by atoms with van der Waals surface area (Å²) in [6.07, 6.45) is 93.2. The summed E-state index contributed by atoms with van der Waals surface area (Å²) in [5.74, 6) is -0.910. The highest BCUT2D eigenvalue weighted by molar-refractivity contribution is 5.71. The van der Waals surface area contributed by atoms with Gasteiger partial charge >= 0.3 is 17.9 Å². The summed E-state index contributed by atoms with van der Waals surface area (Å²) < 4.78 is 16.9. The van der Waals surface area contributed by atoms with Crippen molar-refractivity contribution in [3.05, 3.63) is 134 Å². The number of carbonyl (C=O) groups excluding carboxylic acids is 3. The van der Waals surface area contributed by atoms with Gasteiger partial charge < -0.3 is 14.2 Å². The van der Waals surface area contributed by atoms with Crippen molar-refractivity contribution in [2.75, 3.05) is 13.2 Å². The summed E-state index contributed by atoms with van der Waals surface area (Å²) in [6, 6.07) is 0. The Labute approximate surface area is 487 Å². The van der Waals surface area contributed by atoms with Crippen molar-refractivity contribution >= 4 is 17.9 Å². The smallest absolute Gasteiger partial charge is 0.306 e. The molecule has 0 saturated carbocycles. The Morgan fingerprint density at radius 1 is 0.266 bits per heavy atom. The van der Waals surface area contributed by atoms with E-state index in [1.54, 1.807) is 0 Å². The summed E-state index contributed by atoms with van der Waals surface area (Å²) in [5.41, 5.74) is 0. The predicted molar refractivity (Wildman–Crippen MR) is 343 cm³/mol. The van der Waals surface area contributed by atoms with Crippen molar-refractivity contribution in [2.24, 2.45) is 0 Å². The second-order valence-corrected chi connectivity index (χ2v) is 21.3. The number of hydrogen-bond donors (Lipinski definition) is 0. The van der Waals surface area contributed by atoms with Crippen LogP contribution >= 0.6 is 0 Å². The number of allylic oxidation sites excluding steroid dienone is 22. The van der Waals surface area contributed by atoms with Crippen molar-refractivity contribution in [3.8, 4) is 0 Å². The first kappa shape index (κ1) is 74.5. The average Bonchev–Trinajstić information content (AvgIpc) is 3.45. The number of rotatable bonds is 58. The van der Waals surface area contributed by atoms with Crippen LogP contribution in [0.3, 0.4) is 0 Å². The van der Waals surface area contributed by atoms with E-state index in [2.05, 4.69) is 154 Å². The third-order valence-corrected chi connectivity index (χ3v) is 13.6. The number of hydrogen-bond acceptors (Lipinski definition) is 6. The van der Waals surface area contributed by atoms with Gasteiger partial charge in [0.2, 0.25) is 0 Å². The first-order valence-corrected chi connectivity index (χ1v) is 32.7. The van der Waals surface area contributed by atoms with Crippen molar-refractivity contribution in [1.29, 1.82) is 0 Å². The average molecular weight is 1090 g/mol. The minimum absolute atomic E-state index is 0.0871. The molecule has 1 atom stereocenters. The summed E-state index contributed by atoms with van der Waals surface area (Å²) >= 11 is 0. The van der Waals surface area contributed by atoms with Gasteiger partial charge in [0, 0.05) is 19.3 Å². The van der Waals surface area contributed by atoms with Gasteiger partial charge in [0.05, 0.1) is 0 Å². The lowest BCUT2D eigenvalue weighted by atomic mass is 10.0. The number of carbonyl (C=O) groups is 3. The quantitative estimate of drug-likeness (QED) is 0.0261. The molecule has 1 unspecified atom stereocenters. The highest BCUT2D eigenvalue weighted by atomic mass is 16.6. The number of ether oxygens (including phenoxy) is 3. The maximum Gasteiger partial charge on any atom is 0.306 e. The minimum Gasteiger partial charge on any atom is -0.462 e. The Balaban J connectivity index is 4.24. The van der Waals surface area contributed by atoms with Gasteiger partial charge in [-0.1, -0.05) is 289 Å². The molecule has 0 heterocycles. The van der Waals surface area contributed by atoms with Crippen molar-refractivity contribution in [1.82, 2.24) is 0 Å². The molecule has 6 heteroatoms. The van der Waals surface area contributed by atoms with Crippen LogP contribution in [0.4, 0.5) is 0 Å². The maximum absolute atomic E-state index is 12.9. The molecule has 0 aromatic heterocycles. The lowest BCUT2D eigenvalue weighted by Crippen LogP contribution is -2.30. The highest BCUT2D eigenvalue weighted by Crippen LogP contribution is 2.15. The Morgan fingerprint density at radius 3 is 0.823 bits per heavy atom. The van der Waals surface area contributed by atoms with E-state index in [-0.39, 0.29) is 31.1 Å². The van der Waals surface area contributed by atoms with Crippen LogP contribution in [-0.2, 0) is 28.6 Å². The van der Waals surface area contributed by atoms with E-state index < -0.39 is 6.10 Å². The topological polar surface area (TPSA) is 78.9 Å². The Hall–Kier alpha value is -4.45. The highest BCUT2D eigenvalue weighted by Gasteiger charge is 2.19. The molecule has 0 spiro atoms. The molecular weight excluding hydrogens is 973 g/mol. The number of unbranched alkanes of at least 4 members (excludes halogenated alkanes) is 25. The zero-order valence-electron chi connectivity index (χ0n) is 51.3. The minimum atomic E-state index is -0.792. The molecule has 6 nitrogen and oxygen atoms in total. The van der Waals surface area contributed by atoms with Crippen molar-refractivity contribution in [3.63, 3.8) is 0 Å². The van der Waals surface area contributed by atoms with E-state index in [1.807, 2.05) is 0 Å². The van der Waals surface area contributed by atoms with E-state index in [0.29, 0.717) is 19.3 Å². The van der Waals surface area contributed by atoms with Crippen LogP contribution in [0.2, 0.25) is 0 Å². The summed E-state index contributed by atoms with van der Waals surface area (Å²) in [6.45, 7) is 6.45. The van der Waals surface area contributed by atoms with Crippen LogP contribution < -0.4 is 0 Å². The van der Waals surface area contributed by atoms with E-state index in [9.17, 15) is 14.4 Å².